The maximum Gasteiger partial charge on any atom is 0.309 e. The second-order valence-corrected chi connectivity index (χ2v) is 3.72. The molecule has 1 unspecified atom stereocenters. The molecule has 0 aromatic carbocycles. The molecule has 1 N–H and O–H groups in total. The Labute approximate surface area is 85.0 Å². The van der Waals surface area contributed by atoms with Crippen LogP contribution >= 0.6 is 0 Å². The molecule has 14 heavy (non-hydrogen) atoms. The lowest BCUT2D eigenvalue weighted by Gasteiger charge is -2.24. The smallest absolute Gasteiger partial charge is 0.309 e. The maximum atomic E-state index is 11.1. The Morgan fingerprint density at radius 2 is 2.21 bits per heavy atom. The number of hydrogen-bond acceptors (Lipinski definition) is 4. The van der Waals surface area contributed by atoms with Gasteiger partial charge in [0.25, 0.3) is 0 Å². The molecule has 1 rings (SSSR count). The van der Waals surface area contributed by atoms with Gasteiger partial charge in [-0.05, 0) is 12.8 Å². The fourth-order valence-electron chi connectivity index (χ4n) is 1.53. The van der Waals surface area contributed by atoms with Crippen LogP contribution in [0.4, 0.5) is 0 Å². The van der Waals surface area contributed by atoms with Crippen molar-refractivity contribution in [2.45, 2.75) is 25.8 Å². The molecular formula is C10H19NO3. The Hall–Kier alpha value is -0.610. The average molecular weight is 201 g/mol. The summed E-state index contributed by atoms with van der Waals surface area (Å²) in [7, 11) is 1.42. The van der Waals surface area contributed by atoms with E-state index in [-0.39, 0.29) is 11.9 Å². The molecule has 1 aliphatic heterocycles. The first-order valence-corrected chi connectivity index (χ1v) is 5.13. The highest BCUT2D eigenvalue weighted by atomic mass is 16.5. The van der Waals surface area contributed by atoms with Gasteiger partial charge in [-0.1, -0.05) is 6.92 Å². The van der Waals surface area contributed by atoms with Crippen molar-refractivity contribution in [2.24, 2.45) is 5.92 Å². The van der Waals surface area contributed by atoms with Crippen LogP contribution < -0.4 is 5.32 Å². The Bertz CT molecular complexity index is 178. The van der Waals surface area contributed by atoms with E-state index in [1.165, 1.54) is 7.11 Å². The highest BCUT2D eigenvalue weighted by molar-refractivity contribution is 5.72. The maximum absolute atomic E-state index is 11.1. The van der Waals surface area contributed by atoms with Crippen LogP contribution in [-0.2, 0) is 14.3 Å². The molecule has 0 aromatic rings. The first-order valence-electron chi connectivity index (χ1n) is 5.13. The Morgan fingerprint density at radius 1 is 1.57 bits per heavy atom. The Kier molecular flexibility index (Phi) is 4.90. The molecule has 1 saturated heterocycles. The van der Waals surface area contributed by atoms with E-state index in [1.54, 1.807) is 0 Å². The fraction of sp³-hybridized carbons (Fsp3) is 0.900. The van der Waals surface area contributed by atoms with Crippen molar-refractivity contribution >= 4 is 5.97 Å². The molecule has 0 amide bonds. The van der Waals surface area contributed by atoms with Crippen molar-refractivity contribution in [1.29, 1.82) is 0 Å². The summed E-state index contributed by atoms with van der Waals surface area (Å²) in [5.41, 5.74) is 0. The van der Waals surface area contributed by atoms with Crippen LogP contribution in [0.2, 0.25) is 0 Å². The summed E-state index contributed by atoms with van der Waals surface area (Å²) in [6.07, 6.45) is 2.07. The van der Waals surface area contributed by atoms with Crippen molar-refractivity contribution in [3.05, 3.63) is 0 Å². The minimum absolute atomic E-state index is 0.0668. The van der Waals surface area contributed by atoms with Crippen LogP contribution in [0, 0.1) is 5.92 Å². The summed E-state index contributed by atoms with van der Waals surface area (Å²) in [6, 6.07) is 0.496. The molecule has 1 atom stereocenters. The van der Waals surface area contributed by atoms with Gasteiger partial charge in [0.15, 0.2) is 0 Å². The minimum atomic E-state index is -0.149. The lowest BCUT2D eigenvalue weighted by molar-refractivity contribution is -0.144. The lowest BCUT2D eigenvalue weighted by atomic mass is 10.1. The second kappa shape index (κ2) is 5.98. The number of rotatable bonds is 4. The topological polar surface area (TPSA) is 47.6 Å². The predicted octanol–water partition coefficient (Wildman–Crippen LogP) is 0.564. The first-order chi connectivity index (χ1) is 6.74. The van der Waals surface area contributed by atoms with Crippen molar-refractivity contribution in [3.8, 4) is 0 Å². The van der Waals surface area contributed by atoms with Gasteiger partial charge in [0.05, 0.1) is 13.0 Å². The zero-order valence-electron chi connectivity index (χ0n) is 8.91. The van der Waals surface area contributed by atoms with Gasteiger partial charge in [-0.25, -0.2) is 0 Å². The third kappa shape index (κ3) is 3.64. The van der Waals surface area contributed by atoms with Crippen LogP contribution in [0.25, 0.3) is 0 Å². The number of esters is 1. The Balaban J connectivity index is 2.15. The summed E-state index contributed by atoms with van der Waals surface area (Å²) in [4.78, 5) is 11.1. The van der Waals surface area contributed by atoms with Gasteiger partial charge in [-0.15, -0.1) is 0 Å². The lowest BCUT2D eigenvalue weighted by Crippen LogP contribution is -2.38. The van der Waals surface area contributed by atoms with Gasteiger partial charge in [0, 0.05) is 25.8 Å². The fourth-order valence-corrected chi connectivity index (χ4v) is 1.53. The molecule has 4 heteroatoms. The van der Waals surface area contributed by atoms with E-state index >= 15 is 0 Å². The van der Waals surface area contributed by atoms with Gasteiger partial charge >= 0.3 is 5.97 Å². The monoisotopic (exact) mass is 201 g/mol. The number of hydrogen-bond donors (Lipinski definition) is 1. The van der Waals surface area contributed by atoms with E-state index in [2.05, 4.69) is 10.1 Å². The van der Waals surface area contributed by atoms with Gasteiger partial charge in [0.2, 0.25) is 0 Å². The standard InChI is InChI=1S/C10H19NO3/c1-8(10(12)13-2)7-11-9-3-5-14-6-4-9/h8-9,11H,3-7H2,1-2H3. The van der Waals surface area contributed by atoms with Gasteiger partial charge in [0.1, 0.15) is 0 Å². The number of nitrogens with one attached hydrogen (secondary N) is 1. The normalized spacial score (nSPS) is 20.4. The molecule has 4 nitrogen and oxygen atoms in total. The Morgan fingerprint density at radius 3 is 2.79 bits per heavy atom. The van der Waals surface area contributed by atoms with Crippen LogP contribution in [0.15, 0.2) is 0 Å². The molecule has 1 fully saturated rings. The summed E-state index contributed by atoms with van der Waals surface area (Å²) in [5, 5.41) is 3.36. The quantitative estimate of drug-likeness (QED) is 0.675. The summed E-state index contributed by atoms with van der Waals surface area (Å²) < 4.78 is 9.89. The van der Waals surface area contributed by atoms with Gasteiger partial charge in [-0.3, -0.25) is 4.79 Å². The van der Waals surface area contributed by atoms with Gasteiger partial charge < -0.3 is 14.8 Å². The van der Waals surface area contributed by atoms with Crippen molar-refractivity contribution in [3.63, 3.8) is 0 Å². The van der Waals surface area contributed by atoms with Crippen molar-refractivity contribution < 1.29 is 14.3 Å². The van der Waals surface area contributed by atoms with Crippen LogP contribution in [0.5, 0.6) is 0 Å². The highest BCUT2D eigenvalue weighted by Crippen LogP contribution is 2.07. The van der Waals surface area contributed by atoms with Crippen LogP contribution in [-0.4, -0.2) is 38.9 Å². The average Bonchev–Trinajstić information content (AvgIpc) is 2.26. The number of carbonyl (C=O) groups excluding carboxylic acids is 1. The third-order valence-corrected chi connectivity index (χ3v) is 2.54. The zero-order chi connectivity index (χ0) is 10.4. The third-order valence-electron chi connectivity index (χ3n) is 2.54. The molecule has 82 valence electrons. The SMILES string of the molecule is COC(=O)C(C)CNC1CCOCC1. The molecule has 0 bridgehead atoms. The molecule has 0 spiro atoms. The molecule has 1 heterocycles. The van der Waals surface area contributed by atoms with E-state index in [0.29, 0.717) is 12.6 Å². The van der Waals surface area contributed by atoms with Crippen molar-refractivity contribution in [1.82, 2.24) is 5.32 Å². The second-order valence-electron chi connectivity index (χ2n) is 3.72. The van der Waals surface area contributed by atoms with Gasteiger partial charge in [-0.2, -0.15) is 0 Å². The van der Waals surface area contributed by atoms with Crippen LogP contribution in [0.3, 0.4) is 0 Å². The number of carbonyl (C=O) groups is 1. The van der Waals surface area contributed by atoms with E-state index < -0.39 is 0 Å². The largest absolute Gasteiger partial charge is 0.469 e. The van der Waals surface area contributed by atoms with E-state index in [9.17, 15) is 4.79 Å². The van der Waals surface area contributed by atoms with E-state index in [0.717, 1.165) is 26.1 Å². The summed E-state index contributed by atoms with van der Waals surface area (Å²) in [6.45, 7) is 4.21. The first kappa shape index (κ1) is 11.5. The highest BCUT2D eigenvalue weighted by Gasteiger charge is 2.17. The minimum Gasteiger partial charge on any atom is -0.469 e. The van der Waals surface area contributed by atoms with E-state index in [1.807, 2.05) is 6.92 Å². The zero-order valence-corrected chi connectivity index (χ0v) is 8.91. The molecule has 0 saturated carbocycles. The van der Waals surface area contributed by atoms with Crippen molar-refractivity contribution in [2.75, 3.05) is 26.9 Å². The number of methoxy groups -OCH3 is 1. The predicted molar refractivity (Wildman–Crippen MR) is 53.0 cm³/mol. The summed E-state index contributed by atoms with van der Waals surface area (Å²) in [5.74, 6) is -0.215. The summed E-state index contributed by atoms with van der Waals surface area (Å²) >= 11 is 0. The molecule has 0 aliphatic carbocycles. The molecular weight excluding hydrogens is 182 g/mol. The number of ether oxygens (including phenoxy) is 2. The van der Waals surface area contributed by atoms with Crippen LogP contribution in [0.1, 0.15) is 19.8 Å². The molecule has 0 aromatic heterocycles. The molecule has 1 aliphatic rings. The molecule has 0 radical (unpaired) electrons. The van der Waals surface area contributed by atoms with E-state index in [4.69, 9.17) is 4.74 Å².